The van der Waals surface area contributed by atoms with Gasteiger partial charge in [-0.2, -0.15) is 0 Å². The Morgan fingerprint density at radius 1 is 1.29 bits per heavy atom. The van der Waals surface area contributed by atoms with Crippen LogP contribution in [0, 0.1) is 0 Å². The van der Waals surface area contributed by atoms with Crippen LogP contribution in [0.15, 0.2) is 42.7 Å². The van der Waals surface area contributed by atoms with E-state index in [4.69, 9.17) is 22.1 Å². The first-order valence-corrected chi connectivity index (χ1v) is 7.16. The molecule has 0 fully saturated rings. The minimum atomic E-state index is 0.0987. The van der Waals surface area contributed by atoms with Crippen LogP contribution < -0.4 is 10.5 Å². The molecule has 5 heteroatoms. The highest BCUT2D eigenvalue weighted by molar-refractivity contribution is 6.32. The number of pyridine rings is 1. The lowest BCUT2D eigenvalue weighted by Crippen LogP contribution is -2.30. The van der Waals surface area contributed by atoms with Crippen molar-refractivity contribution in [1.82, 2.24) is 9.88 Å². The summed E-state index contributed by atoms with van der Waals surface area (Å²) in [6.07, 6.45) is 3.59. The molecule has 2 N–H and O–H groups in total. The van der Waals surface area contributed by atoms with Crippen LogP contribution in [-0.4, -0.2) is 30.6 Å². The molecule has 0 spiro atoms. The van der Waals surface area contributed by atoms with Gasteiger partial charge in [0, 0.05) is 31.5 Å². The maximum Gasteiger partial charge on any atom is 0.137 e. The van der Waals surface area contributed by atoms with Crippen LogP contribution in [0.5, 0.6) is 5.75 Å². The van der Waals surface area contributed by atoms with E-state index in [1.54, 1.807) is 19.5 Å². The smallest absolute Gasteiger partial charge is 0.137 e. The minimum absolute atomic E-state index is 0.0987. The van der Waals surface area contributed by atoms with E-state index in [1.807, 2.05) is 30.3 Å². The van der Waals surface area contributed by atoms with Crippen molar-refractivity contribution in [3.8, 4) is 5.75 Å². The molecular formula is C16H20ClN3O. The van der Waals surface area contributed by atoms with E-state index < -0.39 is 0 Å². The van der Waals surface area contributed by atoms with Gasteiger partial charge in [-0.05, 0) is 42.4 Å². The predicted octanol–water partition coefficient (Wildman–Crippen LogP) is 2.88. The summed E-state index contributed by atoms with van der Waals surface area (Å²) in [6, 6.07) is 9.91. The number of aromatic nitrogens is 1. The Hall–Kier alpha value is -1.62. The van der Waals surface area contributed by atoms with Gasteiger partial charge in [0.25, 0.3) is 0 Å². The Balaban J connectivity index is 2.16. The highest BCUT2D eigenvalue weighted by Crippen LogP contribution is 2.29. The Morgan fingerprint density at radius 3 is 2.57 bits per heavy atom. The summed E-state index contributed by atoms with van der Waals surface area (Å²) in [5, 5.41) is 0.603. The second kappa shape index (κ2) is 7.41. The lowest BCUT2D eigenvalue weighted by Gasteiger charge is -2.27. The summed E-state index contributed by atoms with van der Waals surface area (Å²) in [6.45, 7) is 1.32. The molecule has 21 heavy (non-hydrogen) atoms. The largest absolute Gasteiger partial charge is 0.495 e. The van der Waals surface area contributed by atoms with Gasteiger partial charge < -0.3 is 10.5 Å². The maximum atomic E-state index is 6.20. The van der Waals surface area contributed by atoms with Crippen molar-refractivity contribution in [2.45, 2.75) is 12.6 Å². The van der Waals surface area contributed by atoms with E-state index in [0.717, 1.165) is 12.1 Å². The van der Waals surface area contributed by atoms with Crippen LogP contribution in [0.4, 0.5) is 0 Å². The fraction of sp³-hybridized carbons (Fsp3) is 0.312. The molecule has 0 saturated carbocycles. The summed E-state index contributed by atoms with van der Waals surface area (Å²) in [5.74, 6) is 0.674. The first-order valence-electron chi connectivity index (χ1n) is 6.78. The molecular weight excluding hydrogens is 286 g/mol. The molecule has 2 rings (SSSR count). The average molecular weight is 306 g/mol. The van der Waals surface area contributed by atoms with Crippen LogP contribution in [0.1, 0.15) is 17.2 Å². The third-order valence-electron chi connectivity index (χ3n) is 3.50. The summed E-state index contributed by atoms with van der Waals surface area (Å²) < 4.78 is 5.19. The van der Waals surface area contributed by atoms with E-state index in [9.17, 15) is 0 Å². The van der Waals surface area contributed by atoms with Gasteiger partial charge in [-0.1, -0.05) is 17.7 Å². The monoisotopic (exact) mass is 305 g/mol. The molecule has 1 heterocycles. The molecule has 1 aromatic heterocycles. The van der Waals surface area contributed by atoms with Gasteiger partial charge in [-0.15, -0.1) is 0 Å². The third-order valence-corrected chi connectivity index (χ3v) is 3.79. The molecule has 0 saturated heterocycles. The van der Waals surface area contributed by atoms with Gasteiger partial charge >= 0.3 is 0 Å². The predicted molar refractivity (Wildman–Crippen MR) is 85.5 cm³/mol. The zero-order chi connectivity index (χ0) is 15.2. The molecule has 0 amide bonds. The van der Waals surface area contributed by atoms with E-state index in [0.29, 0.717) is 17.3 Å². The molecule has 2 aromatic rings. The van der Waals surface area contributed by atoms with E-state index >= 15 is 0 Å². The first-order chi connectivity index (χ1) is 10.2. The number of hydrogen-bond donors (Lipinski definition) is 1. The number of nitrogens with zero attached hydrogens (tertiary/aromatic N) is 2. The number of halogens is 1. The number of benzene rings is 1. The van der Waals surface area contributed by atoms with E-state index in [-0.39, 0.29) is 6.04 Å². The van der Waals surface area contributed by atoms with Gasteiger partial charge in [-0.3, -0.25) is 9.88 Å². The van der Waals surface area contributed by atoms with Crippen molar-refractivity contribution >= 4 is 11.6 Å². The molecule has 0 aliphatic carbocycles. The van der Waals surface area contributed by atoms with Crippen LogP contribution >= 0.6 is 11.6 Å². The lowest BCUT2D eigenvalue weighted by atomic mass is 10.0. The molecule has 1 unspecified atom stereocenters. The number of likely N-dealkylation sites (N-methyl/N-ethyl adjacent to an activating group) is 1. The fourth-order valence-electron chi connectivity index (χ4n) is 2.35. The van der Waals surface area contributed by atoms with Gasteiger partial charge in [0.05, 0.1) is 12.1 Å². The third kappa shape index (κ3) is 3.94. The molecule has 0 aliphatic heterocycles. The Labute approximate surface area is 130 Å². The normalized spacial score (nSPS) is 12.4. The molecule has 0 bridgehead atoms. The van der Waals surface area contributed by atoms with Crippen molar-refractivity contribution in [2.24, 2.45) is 5.73 Å². The van der Waals surface area contributed by atoms with E-state index in [1.165, 1.54) is 5.56 Å². The topological polar surface area (TPSA) is 51.4 Å². The summed E-state index contributed by atoms with van der Waals surface area (Å²) in [4.78, 5) is 6.23. The first kappa shape index (κ1) is 15.8. The number of ether oxygens (including phenoxy) is 1. The summed E-state index contributed by atoms with van der Waals surface area (Å²) in [7, 11) is 3.66. The highest BCUT2D eigenvalue weighted by Gasteiger charge is 2.17. The molecule has 0 aliphatic rings. The number of nitrogens with two attached hydrogens (primary N) is 1. The Bertz CT molecular complexity index is 577. The van der Waals surface area contributed by atoms with Gasteiger partial charge in [0.2, 0.25) is 0 Å². The molecule has 4 nitrogen and oxygen atoms in total. The summed E-state index contributed by atoms with van der Waals surface area (Å²) in [5.41, 5.74) is 8.23. The summed E-state index contributed by atoms with van der Waals surface area (Å²) >= 11 is 6.20. The maximum absolute atomic E-state index is 6.20. The standard InChI is InChI=1S/C16H20ClN3O/c1-20(11-12-5-7-19-8-6-12)15(10-18)13-3-4-16(21-2)14(17)9-13/h3-9,15H,10-11,18H2,1-2H3. The molecule has 112 valence electrons. The van der Waals surface area contributed by atoms with Gasteiger partial charge in [-0.25, -0.2) is 0 Å². The lowest BCUT2D eigenvalue weighted by molar-refractivity contribution is 0.241. The highest BCUT2D eigenvalue weighted by atomic mass is 35.5. The zero-order valence-electron chi connectivity index (χ0n) is 12.3. The second-order valence-electron chi connectivity index (χ2n) is 4.92. The average Bonchev–Trinajstić information content (AvgIpc) is 2.49. The van der Waals surface area contributed by atoms with Gasteiger partial charge in [0.1, 0.15) is 5.75 Å². The number of rotatable bonds is 6. The quantitative estimate of drug-likeness (QED) is 0.891. The van der Waals surface area contributed by atoms with Crippen molar-refractivity contribution in [1.29, 1.82) is 0 Å². The van der Waals surface area contributed by atoms with Crippen LogP contribution in [-0.2, 0) is 6.54 Å². The van der Waals surface area contributed by atoms with Gasteiger partial charge in [0.15, 0.2) is 0 Å². The van der Waals surface area contributed by atoms with Crippen molar-refractivity contribution in [3.05, 3.63) is 58.9 Å². The van der Waals surface area contributed by atoms with E-state index in [2.05, 4.69) is 16.9 Å². The fourth-order valence-corrected chi connectivity index (χ4v) is 2.61. The minimum Gasteiger partial charge on any atom is -0.495 e. The van der Waals surface area contributed by atoms with Crippen LogP contribution in [0.3, 0.4) is 0 Å². The van der Waals surface area contributed by atoms with Crippen molar-refractivity contribution in [3.63, 3.8) is 0 Å². The van der Waals surface area contributed by atoms with Crippen molar-refractivity contribution < 1.29 is 4.74 Å². The Kier molecular flexibility index (Phi) is 5.56. The Morgan fingerprint density at radius 2 is 2.00 bits per heavy atom. The second-order valence-corrected chi connectivity index (χ2v) is 5.32. The van der Waals surface area contributed by atoms with Crippen molar-refractivity contribution in [2.75, 3.05) is 20.7 Å². The molecule has 1 atom stereocenters. The number of hydrogen-bond acceptors (Lipinski definition) is 4. The molecule has 1 aromatic carbocycles. The zero-order valence-corrected chi connectivity index (χ0v) is 13.0. The number of methoxy groups -OCH3 is 1. The van der Waals surface area contributed by atoms with Crippen LogP contribution in [0.25, 0.3) is 0 Å². The molecule has 0 radical (unpaired) electrons. The van der Waals surface area contributed by atoms with Crippen LogP contribution in [0.2, 0.25) is 5.02 Å². The SMILES string of the molecule is COc1ccc(C(CN)N(C)Cc2ccncc2)cc1Cl.